The fourth-order valence-electron chi connectivity index (χ4n) is 7.06. The van der Waals surface area contributed by atoms with Crippen molar-refractivity contribution in [2.45, 2.75) is 48.3 Å². The molecule has 6 aromatic rings. The molecule has 2 aromatic heterocycles. The van der Waals surface area contributed by atoms with E-state index >= 15 is 8.78 Å². The number of fused-ring (bicyclic) bond motifs is 2. The lowest BCUT2D eigenvalue weighted by Gasteiger charge is -2.16. The molecule has 0 atom stereocenters. The summed E-state index contributed by atoms with van der Waals surface area (Å²) in [6.07, 6.45) is 3.38. The van der Waals surface area contributed by atoms with Crippen LogP contribution < -0.4 is 20.1 Å². The monoisotopic (exact) mass is 1020 g/mol. The smallest absolute Gasteiger partial charge is 0.329 e. The minimum absolute atomic E-state index is 0.144. The predicted octanol–water partition coefficient (Wildman–Crippen LogP) is 10.7. The zero-order valence-electron chi connectivity index (χ0n) is 34.1. The van der Waals surface area contributed by atoms with Crippen LogP contribution in [0.15, 0.2) is 128 Å². The molecule has 2 aliphatic rings. The van der Waals surface area contributed by atoms with Gasteiger partial charge in [0.1, 0.15) is 34.6 Å². The Morgan fingerprint density at radius 2 is 0.833 bits per heavy atom. The number of hydrogen-bond acceptors (Lipinski definition) is 10. The van der Waals surface area contributed by atoms with Crippen molar-refractivity contribution in [2.75, 3.05) is 13.1 Å². The second-order valence-corrected chi connectivity index (χ2v) is 19.7. The number of benzene rings is 4. The van der Waals surface area contributed by atoms with Crippen molar-refractivity contribution in [1.82, 2.24) is 30.4 Å². The standard InChI is InChI=1S/2C22H18Cl2FN3O4S/c2*23-14-6-4-13(5-7-14)21-20-17(2-1-3-19(20)32-27-21)18(25)12-26-22(29)28-33(30,31)16-10-8-15(24)9-11-16/h2*4-11H,1-3,12H2,(H2,26,28,29)/b18-17+;18-17-. The number of carbonyl (C=O) groups is 2. The summed E-state index contributed by atoms with van der Waals surface area (Å²) in [5.41, 5.74) is 4.25. The Bertz CT molecular complexity index is 2850. The molecule has 14 nitrogen and oxygen atoms in total. The zero-order chi connectivity index (χ0) is 47.2. The summed E-state index contributed by atoms with van der Waals surface area (Å²) < 4.78 is 94.1. The van der Waals surface area contributed by atoms with Crippen LogP contribution in [-0.2, 0) is 32.9 Å². The summed E-state index contributed by atoms with van der Waals surface area (Å²) >= 11 is 23.4. The number of hydrogen-bond donors (Lipinski definition) is 4. The summed E-state index contributed by atoms with van der Waals surface area (Å²) in [5, 5.41) is 14.5. The van der Waals surface area contributed by atoms with Crippen LogP contribution in [0.4, 0.5) is 18.4 Å². The molecule has 0 unspecified atom stereocenters. The second-order valence-electron chi connectivity index (χ2n) is 14.6. The molecule has 22 heteroatoms. The lowest BCUT2D eigenvalue weighted by Crippen LogP contribution is -2.40. The van der Waals surface area contributed by atoms with Gasteiger partial charge in [-0.2, -0.15) is 0 Å². The van der Waals surface area contributed by atoms with Crippen LogP contribution in [0.1, 0.15) is 48.3 Å². The number of aryl methyl sites for hydroxylation is 2. The minimum Gasteiger partial charge on any atom is -0.360 e. The molecule has 4 N–H and O–H groups in total. The van der Waals surface area contributed by atoms with Crippen molar-refractivity contribution in [3.63, 3.8) is 0 Å². The number of carbonyl (C=O) groups excluding carboxylic acids is 2. The van der Waals surface area contributed by atoms with Gasteiger partial charge in [-0.3, -0.25) is 0 Å². The maximum Gasteiger partial charge on any atom is 0.329 e. The highest BCUT2D eigenvalue weighted by Crippen LogP contribution is 2.41. The molecule has 8 rings (SSSR count). The number of urea groups is 2. The first kappa shape index (κ1) is 48.2. The van der Waals surface area contributed by atoms with E-state index in [9.17, 15) is 26.4 Å². The molecule has 0 fully saturated rings. The zero-order valence-corrected chi connectivity index (χ0v) is 38.8. The summed E-state index contributed by atoms with van der Waals surface area (Å²) in [6, 6.07) is 22.3. The molecule has 0 saturated heterocycles. The Morgan fingerprint density at radius 3 is 1.17 bits per heavy atom. The highest BCUT2D eigenvalue weighted by atomic mass is 35.5. The van der Waals surface area contributed by atoms with Gasteiger partial charge in [0.25, 0.3) is 20.0 Å². The van der Waals surface area contributed by atoms with Gasteiger partial charge in [0.05, 0.1) is 34.0 Å². The van der Waals surface area contributed by atoms with Crippen molar-refractivity contribution < 1.29 is 44.3 Å². The van der Waals surface area contributed by atoms with Crippen molar-refractivity contribution in [2.24, 2.45) is 0 Å². The Kier molecular flexibility index (Phi) is 15.2. The van der Waals surface area contributed by atoms with Gasteiger partial charge in [0.2, 0.25) is 0 Å². The van der Waals surface area contributed by atoms with Crippen molar-refractivity contribution in [3.05, 3.63) is 151 Å². The third kappa shape index (κ3) is 11.6. The fraction of sp³-hybridized carbons (Fsp3) is 0.182. The molecule has 66 heavy (non-hydrogen) atoms. The van der Waals surface area contributed by atoms with E-state index in [0.29, 0.717) is 104 Å². The van der Waals surface area contributed by atoms with E-state index in [-0.39, 0.29) is 9.79 Å². The first-order valence-electron chi connectivity index (χ1n) is 19.9. The van der Waals surface area contributed by atoms with Gasteiger partial charge in [-0.25, -0.2) is 44.6 Å². The quantitative estimate of drug-likeness (QED) is 0.102. The van der Waals surface area contributed by atoms with Crippen molar-refractivity contribution in [1.29, 1.82) is 0 Å². The number of sulfonamides is 2. The molecular formula is C44H36Cl4F2N6O8S2. The molecule has 0 aliphatic heterocycles. The molecule has 0 spiro atoms. The van der Waals surface area contributed by atoms with Crippen LogP contribution in [0, 0.1) is 0 Å². The van der Waals surface area contributed by atoms with Crippen LogP contribution >= 0.6 is 46.4 Å². The van der Waals surface area contributed by atoms with Crippen LogP contribution in [-0.4, -0.2) is 52.3 Å². The van der Waals surface area contributed by atoms with E-state index in [1.165, 1.54) is 48.5 Å². The van der Waals surface area contributed by atoms with Crippen molar-refractivity contribution >= 4 is 89.7 Å². The molecule has 2 aliphatic carbocycles. The molecule has 0 saturated carbocycles. The van der Waals surface area contributed by atoms with Crippen molar-refractivity contribution in [3.8, 4) is 22.5 Å². The van der Waals surface area contributed by atoms with E-state index in [4.69, 9.17) is 55.4 Å². The summed E-state index contributed by atoms with van der Waals surface area (Å²) in [6.45, 7) is -0.996. The predicted molar refractivity (Wildman–Crippen MR) is 246 cm³/mol. The first-order chi connectivity index (χ1) is 31.5. The van der Waals surface area contributed by atoms with Gasteiger partial charge in [-0.1, -0.05) is 81.0 Å². The molecule has 0 radical (unpaired) electrons. The molecular weight excluding hydrogens is 984 g/mol. The number of halogens is 6. The summed E-state index contributed by atoms with van der Waals surface area (Å²) in [4.78, 5) is 24.0. The summed E-state index contributed by atoms with van der Waals surface area (Å²) in [7, 11) is -8.26. The third-order valence-electron chi connectivity index (χ3n) is 10.2. The van der Waals surface area contributed by atoms with Gasteiger partial charge in [0.15, 0.2) is 0 Å². The number of nitrogens with zero attached hydrogens (tertiary/aromatic N) is 2. The minimum atomic E-state index is -4.13. The molecule has 4 aromatic carbocycles. The molecule has 2 heterocycles. The second kappa shape index (κ2) is 20.8. The lowest BCUT2D eigenvalue weighted by molar-refractivity contribution is 0.245. The largest absolute Gasteiger partial charge is 0.360 e. The SMILES string of the molecule is O=C(NC/C(F)=C1/CCCc2onc(-c3ccc(Cl)cc3)c21)NS(=O)(=O)c1ccc(Cl)cc1.O=C(NC/C(F)=C1\CCCc2onc(-c3ccc(Cl)cc3)c21)NS(=O)(=O)c1ccc(Cl)cc1. The number of allylic oxidation sites excluding steroid dienone is 2. The van der Waals surface area contributed by atoms with E-state index < -0.39 is 56.9 Å². The number of nitrogens with one attached hydrogen (secondary N) is 4. The van der Waals surface area contributed by atoms with Gasteiger partial charge in [-0.05, 0) is 110 Å². The Hall–Kier alpha value is -5.76. The van der Waals surface area contributed by atoms with E-state index in [1.807, 2.05) is 9.44 Å². The average molecular weight is 1020 g/mol. The Balaban J connectivity index is 0.000000196. The summed E-state index contributed by atoms with van der Waals surface area (Å²) in [5.74, 6) is -0.0842. The van der Waals surface area contributed by atoms with Gasteiger partial charge in [0, 0.05) is 44.1 Å². The van der Waals surface area contributed by atoms with E-state index in [2.05, 4.69) is 20.9 Å². The average Bonchev–Trinajstić information content (AvgIpc) is 3.94. The van der Waals surface area contributed by atoms with Crippen LogP contribution in [0.5, 0.6) is 0 Å². The fourth-order valence-corrected chi connectivity index (χ4v) is 9.42. The van der Waals surface area contributed by atoms with Gasteiger partial charge in [-0.15, -0.1) is 0 Å². The van der Waals surface area contributed by atoms with Gasteiger partial charge < -0.3 is 19.7 Å². The Labute approximate surface area is 397 Å². The number of rotatable bonds is 10. The van der Waals surface area contributed by atoms with E-state index in [0.717, 1.165) is 11.1 Å². The normalized spacial score (nSPS) is 15.0. The van der Waals surface area contributed by atoms with E-state index in [1.54, 1.807) is 48.5 Å². The van der Waals surface area contributed by atoms with Crippen LogP contribution in [0.25, 0.3) is 33.7 Å². The van der Waals surface area contributed by atoms with Crippen LogP contribution in [0.3, 0.4) is 0 Å². The third-order valence-corrected chi connectivity index (χ3v) is 13.9. The first-order valence-corrected chi connectivity index (χ1v) is 24.3. The number of aromatic nitrogens is 2. The maximum absolute atomic E-state index is 15.1. The highest BCUT2D eigenvalue weighted by Gasteiger charge is 2.29. The van der Waals surface area contributed by atoms with Gasteiger partial charge >= 0.3 is 12.1 Å². The molecule has 4 amide bonds. The van der Waals surface area contributed by atoms with Crippen LogP contribution in [0.2, 0.25) is 20.1 Å². The topological polar surface area (TPSA) is 203 Å². The maximum atomic E-state index is 15.1. The molecule has 344 valence electrons. The lowest BCUT2D eigenvalue weighted by atomic mass is 9.88. The number of amides is 4. The Morgan fingerprint density at radius 1 is 0.515 bits per heavy atom. The highest BCUT2D eigenvalue weighted by molar-refractivity contribution is 7.90. The molecule has 0 bridgehead atoms.